The molecule has 0 bridgehead atoms. The van der Waals surface area contributed by atoms with Crippen molar-refractivity contribution in [1.82, 2.24) is 14.9 Å². The zero-order valence-corrected chi connectivity index (χ0v) is 13.5. The van der Waals surface area contributed by atoms with Crippen molar-refractivity contribution in [2.24, 2.45) is 0 Å². The average molecular weight is 333 g/mol. The van der Waals surface area contributed by atoms with Gasteiger partial charge in [-0.3, -0.25) is 4.79 Å². The minimum atomic E-state index is -0.110. The molecule has 1 amide bonds. The van der Waals surface area contributed by atoms with Crippen molar-refractivity contribution in [3.05, 3.63) is 46.7 Å². The van der Waals surface area contributed by atoms with Gasteiger partial charge in [0.25, 0.3) is 5.91 Å². The lowest BCUT2D eigenvalue weighted by Crippen LogP contribution is -2.41. The monoisotopic (exact) mass is 332 g/mol. The van der Waals surface area contributed by atoms with Gasteiger partial charge in [-0.05, 0) is 25.1 Å². The van der Waals surface area contributed by atoms with Crippen molar-refractivity contribution in [3.8, 4) is 0 Å². The highest BCUT2D eigenvalue weighted by Crippen LogP contribution is 2.23. The number of benzene rings is 1. The zero-order valence-electron chi connectivity index (χ0n) is 12.8. The predicted octanol–water partition coefficient (Wildman–Crippen LogP) is 2.65. The highest BCUT2D eigenvalue weighted by Gasteiger charge is 2.20. The number of morpholine rings is 1. The summed E-state index contributed by atoms with van der Waals surface area (Å²) in [6.07, 6.45) is 0. The average Bonchev–Trinajstić information content (AvgIpc) is 2.56. The van der Waals surface area contributed by atoms with Crippen LogP contribution in [0, 0.1) is 6.92 Å². The topological polar surface area (TPSA) is 67.4 Å². The van der Waals surface area contributed by atoms with Crippen LogP contribution in [-0.4, -0.2) is 47.1 Å². The van der Waals surface area contributed by atoms with Crippen LogP contribution in [0.5, 0.6) is 0 Å². The zero-order chi connectivity index (χ0) is 16.2. The minimum Gasteiger partial charge on any atom is -0.378 e. The molecule has 1 fully saturated rings. The van der Waals surface area contributed by atoms with Crippen molar-refractivity contribution < 1.29 is 9.53 Å². The van der Waals surface area contributed by atoms with Crippen LogP contribution in [0.1, 0.15) is 16.2 Å². The van der Waals surface area contributed by atoms with Gasteiger partial charge in [0, 0.05) is 18.8 Å². The summed E-state index contributed by atoms with van der Waals surface area (Å²) in [4.78, 5) is 22.9. The van der Waals surface area contributed by atoms with Gasteiger partial charge in [0.2, 0.25) is 5.95 Å². The lowest BCUT2D eigenvalue weighted by Gasteiger charge is -2.26. The van der Waals surface area contributed by atoms with Gasteiger partial charge >= 0.3 is 0 Å². The van der Waals surface area contributed by atoms with Gasteiger partial charge in [-0.15, -0.1) is 0 Å². The molecule has 0 saturated carbocycles. The van der Waals surface area contributed by atoms with E-state index in [1.54, 1.807) is 17.0 Å². The number of carbonyl (C=O) groups is 1. The summed E-state index contributed by atoms with van der Waals surface area (Å²) in [6.45, 7) is 4.10. The van der Waals surface area contributed by atoms with Crippen molar-refractivity contribution in [3.63, 3.8) is 0 Å². The van der Waals surface area contributed by atoms with Crippen LogP contribution in [0.2, 0.25) is 5.02 Å². The van der Waals surface area contributed by atoms with Crippen LogP contribution in [0.25, 0.3) is 0 Å². The Morgan fingerprint density at radius 3 is 2.74 bits per heavy atom. The third-order valence-corrected chi connectivity index (χ3v) is 3.82. The second kappa shape index (κ2) is 6.93. The second-order valence-electron chi connectivity index (χ2n) is 5.23. The first-order valence-electron chi connectivity index (χ1n) is 7.38. The first-order chi connectivity index (χ1) is 11.1. The summed E-state index contributed by atoms with van der Waals surface area (Å²) in [5, 5.41) is 3.63. The number of para-hydroxylation sites is 1. The minimum absolute atomic E-state index is 0.110. The molecule has 120 valence electrons. The molecule has 1 saturated heterocycles. The van der Waals surface area contributed by atoms with Crippen LogP contribution >= 0.6 is 11.6 Å². The quantitative estimate of drug-likeness (QED) is 0.936. The Labute approximate surface area is 139 Å². The number of hydrogen-bond acceptors (Lipinski definition) is 5. The van der Waals surface area contributed by atoms with Gasteiger partial charge in [-0.2, -0.15) is 0 Å². The number of rotatable bonds is 3. The molecule has 1 aromatic carbocycles. The molecule has 23 heavy (non-hydrogen) atoms. The van der Waals surface area contributed by atoms with E-state index in [9.17, 15) is 4.79 Å². The molecule has 2 aromatic rings. The molecule has 1 aromatic heterocycles. The number of ether oxygens (including phenoxy) is 1. The SMILES string of the molecule is Cc1cc(C(=O)N2CCOCC2)nc(Nc2ccccc2Cl)n1. The van der Waals surface area contributed by atoms with Gasteiger partial charge in [-0.1, -0.05) is 23.7 Å². The van der Waals surface area contributed by atoms with E-state index in [0.29, 0.717) is 54.3 Å². The van der Waals surface area contributed by atoms with E-state index in [-0.39, 0.29) is 5.91 Å². The molecule has 6 nitrogen and oxygen atoms in total. The molecule has 2 heterocycles. The Bertz CT molecular complexity index is 717. The summed E-state index contributed by atoms with van der Waals surface area (Å²) in [6, 6.07) is 9.01. The molecule has 0 radical (unpaired) electrons. The third-order valence-electron chi connectivity index (χ3n) is 3.49. The summed E-state index contributed by atoms with van der Waals surface area (Å²) in [7, 11) is 0. The molecular weight excluding hydrogens is 316 g/mol. The number of aromatic nitrogens is 2. The summed E-state index contributed by atoms with van der Waals surface area (Å²) in [5.74, 6) is 0.246. The lowest BCUT2D eigenvalue weighted by molar-refractivity contribution is 0.0299. The van der Waals surface area contributed by atoms with Gasteiger partial charge in [0.15, 0.2) is 0 Å². The molecule has 1 aliphatic rings. The first kappa shape index (κ1) is 15.7. The van der Waals surface area contributed by atoms with Crippen LogP contribution in [0.3, 0.4) is 0 Å². The molecule has 0 spiro atoms. The number of nitrogens with one attached hydrogen (secondary N) is 1. The van der Waals surface area contributed by atoms with Gasteiger partial charge in [0.05, 0.1) is 23.9 Å². The van der Waals surface area contributed by atoms with E-state index < -0.39 is 0 Å². The fourth-order valence-electron chi connectivity index (χ4n) is 2.35. The highest BCUT2D eigenvalue weighted by atomic mass is 35.5. The van der Waals surface area contributed by atoms with Crippen LogP contribution in [0.15, 0.2) is 30.3 Å². The van der Waals surface area contributed by atoms with Crippen LogP contribution < -0.4 is 5.32 Å². The van der Waals surface area contributed by atoms with Crippen LogP contribution in [-0.2, 0) is 4.74 Å². The van der Waals surface area contributed by atoms with Crippen LogP contribution in [0.4, 0.5) is 11.6 Å². The summed E-state index contributed by atoms with van der Waals surface area (Å²) < 4.78 is 5.27. The lowest BCUT2D eigenvalue weighted by atomic mass is 10.3. The Hall–Kier alpha value is -2.18. The molecule has 0 aliphatic carbocycles. The van der Waals surface area contributed by atoms with Crippen molar-refractivity contribution >= 4 is 29.1 Å². The Morgan fingerprint density at radius 2 is 2.00 bits per heavy atom. The van der Waals surface area contributed by atoms with Gasteiger partial charge in [0.1, 0.15) is 5.69 Å². The number of aryl methyl sites for hydroxylation is 1. The summed E-state index contributed by atoms with van der Waals surface area (Å²) in [5.41, 5.74) is 1.78. The Morgan fingerprint density at radius 1 is 1.26 bits per heavy atom. The van der Waals surface area contributed by atoms with Gasteiger partial charge in [-0.25, -0.2) is 9.97 Å². The smallest absolute Gasteiger partial charge is 0.272 e. The van der Waals surface area contributed by atoms with E-state index in [1.807, 2.05) is 25.1 Å². The van der Waals surface area contributed by atoms with E-state index >= 15 is 0 Å². The maximum absolute atomic E-state index is 12.5. The fourth-order valence-corrected chi connectivity index (χ4v) is 2.53. The maximum Gasteiger partial charge on any atom is 0.272 e. The predicted molar refractivity (Wildman–Crippen MR) is 88.2 cm³/mol. The molecule has 1 N–H and O–H groups in total. The maximum atomic E-state index is 12.5. The number of amides is 1. The second-order valence-corrected chi connectivity index (χ2v) is 5.63. The molecule has 7 heteroatoms. The molecule has 0 unspecified atom stereocenters. The Balaban J connectivity index is 1.84. The van der Waals surface area contributed by atoms with E-state index in [4.69, 9.17) is 16.3 Å². The molecule has 3 rings (SSSR count). The van der Waals surface area contributed by atoms with Gasteiger partial charge < -0.3 is 15.0 Å². The molecule has 0 atom stereocenters. The number of nitrogens with zero attached hydrogens (tertiary/aromatic N) is 3. The highest BCUT2D eigenvalue weighted by molar-refractivity contribution is 6.33. The Kier molecular flexibility index (Phi) is 4.73. The standard InChI is InChI=1S/C16H17ClN4O2/c1-11-10-14(15(22)21-6-8-23-9-7-21)20-16(18-11)19-13-5-3-2-4-12(13)17/h2-5,10H,6-9H2,1H3,(H,18,19,20). The van der Waals surface area contributed by atoms with E-state index in [2.05, 4.69) is 15.3 Å². The third kappa shape index (κ3) is 3.78. The number of hydrogen-bond donors (Lipinski definition) is 1. The largest absolute Gasteiger partial charge is 0.378 e. The van der Waals surface area contributed by atoms with Crippen molar-refractivity contribution in [2.45, 2.75) is 6.92 Å². The molecular formula is C16H17ClN4O2. The number of carbonyl (C=O) groups excluding carboxylic acids is 1. The van der Waals surface area contributed by atoms with E-state index in [0.717, 1.165) is 0 Å². The number of halogens is 1. The number of anilines is 2. The van der Waals surface area contributed by atoms with E-state index in [1.165, 1.54) is 0 Å². The normalized spacial score (nSPS) is 14.6. The van der Waals surface area contributed by atoms with Crippen molar-refractivity contribution in [2.75, 3.05) is 31.6 Å². The fraction of sp³-hybridized carbons (Fsp3) is 0.312. The first-order valence-corrected chi connectivity index (χ1v) is 7.75. The molecule has 1 aliphatic heterocycles. The summed E-state index contributed by atoms with van der Waals surface area (Å²) >= 11 is 6.13. The van der Waals surface area contributed by atoms with Crippen molar-refractivity contribution in [1.29, 1.82) is 0 Å².